The molecule has 1 heterocycles. The Morgan fingerprint density at radius 1 is 0.905 bits per heavy atom. The number of aromatic hydroxyl groups is 4. The van der Waals surface area contributed by atoms with E-state index in [4.69, 9.17) is 4.74 Å². The Hall–Kier alpha value is -3.15. The van der Waals surface area contributed by atoms with E-state index in [1.54, 1.807) is 0 Å². The average molecular weight is 286 g/mol. The maximum Gasteiger partial charge on any atom is 0.235 e. The van der Waals surface area contributed by atoms with Gasteiger partial charge in [-0.15, -0.1) is 0 Å². The van der Waals surface area contributed by atoms with E-state index in [1.807, 2.05) is 0 Å². The van der Waals surface area contributed by atoms with Crippen molar-refractivity contribution < 1.29 is 30.0 Å². The van der Waals surface area contributed by atoms with Crippen molar-refractivity contribution in [3.63, 3.8) is 0 Å². The molecule has 6 heteroatoms. The minimum atomic E-state index is -0.578. The molecule has 0 saturated heterocycles. The van der Waals surface area contributed by atoms with Gasteiger partial charge >= 0.3 is 0 Å². The molecule has 21 heavy (non-hydrogen) atoms. The second-order valence-corrected chi connectivity index (χ2v) is 4.49. The number of hydrogen-bond acceptors (Lipinski definition) is 6. The highest BCUT2D eigenvalue weighted by atomic mass is 16.5. The van der Waals surface area contributed by atoms with E-state index in [0.717, 1.165) is 0 Å². The zero-order valence-corrected chi connectivity index (χ0v) is 10.6. The van der Waals surface area contributed by atoms with E-state index in [-0.39, 0.29) is 28.6 Å². The predicted octanol–water partition coefficient (Wildman–Crippen LogP) is 2.13. The van der Waals surface area contributed by atoms with Crippen LogP contribution in [0.4, 0.5) is 0 Å². The molecule has 6 nitrogen and oxygen atoms in total. The van der Waals surface area contributed by atoms with Crippen molar-refractivity contribution in [3.05, 3.63) is 47.2 Å². The first kappa shape index (κ1) is 12.9. The van der Waals surface area contributed by atoms with Crippen molar-refractivity contribution >= 4 is 11.9 Å². The number of carbonyl (C=O) groups excluding carboxylic acids is 1. The van der Waals surface area contributed by atoms with Crippen LogP contribution in [0.25, 0.3) is 6.08 Å². The molecule has 0 atom stereocenters. The molecule has 106 valence electrons. The first-order valence-corrected chi connectivity index (χ1v) is 5.98. The van der Waals surface area contributed by atoms with Crippen LogP contribution in [0.3, 0.4) is 0 Å². The molecule has 2 aromatic rings. The van der Waals surface area contributed by atoms with Crippen molar-refractivity contribution in [1.82, 2.24) is 0 Å². The predicted molar refractivity (Wildman–Crippen MR) is 72.5 cm³/mol. The second kappa shape index (κ2) is 4.45. The minimum absolute atomic E-state index is 0.0593. The monoisotopic (exact) mass is 286 g/mol. The SMILES string of the molecule is O=C1/C(=C\c2ccc(O)c(O)c2)Oc2ccc(O)c(O)c21. The second-order valence-electron chi connectivity index (χ2n) is 4.49. The molecule has 0 aromatic heterocycles. The summed E-state index contributed by atoms with van der Waals surface area (Å²) in [5, 5.41) is 37.8. The molecule has 3 rings (SSSR count). The molecule has 4 N–H and O–H groups in total. The Morgan fingerprint density at radius 3 is 2.33 bits per heavy atom. The molecule has 1 aliphatic rings. The Balaban J connectivity index is 2.03. The fraction of sp³-hybridized carbons (Fsp3) is 0. The molecule has 0 radical (unpaired) electrons. The Labute approximate surface area is 118 Å². The van der Waals surface area contributed by atoms with Crippen LogP contribution in [0, 0.1) is 0 Å². The van der Waals surface area contributed by atoms with Gasteiger partial charge in [0.25, 0.3) is 0 Å². The van der Waals surface area contributed by atoms with Gasteiger partial charge in [-0.3, -0.25) is 4.79 Å². The smallest absolute Gasteiger partial charge is 0.235 e. The lowest BCUT2D eigenvalue weighted by Gasteiger charge is -2.01. The van der Waals surface area contributed by atoms with E-state index in [2.05, 4.69) is 0 Å². The van der Waals surface area contributed by atoms with E-state index in [0.29, 0.717) is 5.56 Å². The van der Waals surface area contributed by atoms with Crippen LogP contribution in [0.2, 0.25) is 0 Å². The Kier molecular flexibility index (Phi) is 2.72. The fourth-order valence-corrected chi connectivity index (χ4v) is 2.03. The highest BCUT2D eigenvalue weighted by Gasteiger charge is 2.32. The van der Waals surface area contributed by atoms with Crippen molar-refractivity contribution in [2.75, 3.05) is 0 Å². The Bertz CT molecular complexity index is 791. The zero-order valence-electron chi connectivity index (χ0n) is 10.6. The van der Waals surface area contributed by atoms with Crippen LogP contribution >= 0.6 is 0 Å². The lowest BCUT2D eigenvalue weighted by atomic mass is 10.1. The summed E-state index contributed by atoms with van der Waals surface area (Å²) in [6.45, 7) is 0. The molecule has 1 aliphatic heterocycles. The fourth-order valence-electron chi connectivity index (χ4n) is 2.03. The van der Waals surface area contributed by atoms with Crippen molar-refractivity contribution in [2.45, 2.75) is 0 Å². The standard InChI is InChI=1S/C15H10O6/c16-8-2-1-7(5-10(8)18)6-12-15(20)13-11(21-12)4-3-9(17)14(13)19/h1-6,16-19H/b12-6+. The molecule has 0 bridgehead atoms. The number of Topliss-reactive ketones (excluding diaryl/α,β-unsaturated/α-hetero) is 1. The molecule has 0 saturated carbocycles. The highest BCUT2D eigenvalue weighted by molar-refractivity contribution is 6.16. The summed E-state index contributed by atoms with van der Waals surface area (Å²) in [7, 11) is 0. The van der Waals surface area contributed by atoms with Crippen LogP contribution < -0.4 is 4.74 Å². The maximum atomic E-state index is 12.1. The summed E-state index contributed by atoms with van der Waals surface area (Å²) in [6, 6.07) is 6.62. The van der Waals surface area contributed by atoms with Gasteiger partial charge in [0.15, 0.2) is 28.8 Å². The van der Waals surface area contributed by atoms with E-state index >= 15 is 0 Å². The van der Waals surface area contributed by atoms with E-state index in [1.165, 1.54) is 36.4 Å². The normalized spacial score (nSPS) is 15.0. The highest BCUT2D eigenvalue weighted by Crippen LogP contribution is 2.42. The van der Waals surface area contributed by atoms with Crippen LogP contribution in [-0.4, -0.2) is 26.2 Å². The van der Waals surface area contributed by atoms with E-state index in [9.17, 15) is 25.2 Å². The van der Waals surface area contributed by atoms with Gasteiger partial charge in [0.2, 0.25) is 5.78 Å². The van der Waals surface area contributed by atoms with Gasteiger partial charge in [0.05, 0.1) is 0 Å². The summed E-state index contributed by atoms with van der Waals surface area (Å²) in [6.07, 6.45) is 1.36. The van der Waals surface area contributed by atoms with Crippen molar-refractivity contribution in [2.24, 2.45) is 0 Å². The molecule has 0 aliphatic carbocycles. The number of ketones is 1. The molecule has 0 amide bonds. The lowest BCUT2D eigenvalue weighted by Crippen LogP contribution is -1.98. The van der Waals surface area contributed by atoms with Crippen molar-refractivity contribution in [3.8, 4) is 28.7 Å². The average Bonchev–Trinajstić information content (AvgIpc) is 2.76. The summed E-state index contributed by atoms with van der Waals surface area (Å²) in [4.78, 5) is 12.1. The van der Waals surface area contributed by atoms with E-state index < -0.39 is 17.3 Å². The summed E-state index contributed by atoms with van der Waals surface area (Å²) in [5.41, 5.74) is 0.328. The number of ether oxygens (including phenoxy) is 1. The third-order valence-electron chi connectivity index (χ3n) is 3.09. The molecule has 0 fully saturated rings. The summed E-state index contributed by atoms with van der Waals surface area (Å²) >= 11 is 0. The number of carbonyl (C=O) groups is 1. The molecular formula is C15H10O6. The number of fused-ring (bicyclic) bond motifs is 1. The van der Waals surface area contributed by atoms with Crippen LogP contribution in [0.5, 0.6) is 28.7 Å². The van der Waals surface area contributed by atoms with Gasteiger partial charge in [-0.05, 0) is 35.9 Å². The van der Waals surface area contributed by atoms with Crippen molar-refractivity contribution in [1.29, 1.82) is 0 Å². The number of allylic oxidation sites excluding steroid dienone is 1. The largest absolute Gasteiger partial charge is 0.504 e. The maximum absolute atomic E-state index is 12.1. The topological polar surface area (TPSA) is 107 Å². The Morgan fingerprint density at radius 2 is 1.62 bits per heavy atom. The summed E-state index contributed by atoms with van der Waals surface area (Å²) < 4.78 is 5.33. The zero-order chi connectivity index (χ0) is 15.1. The number of rotatable bonds is 1. The minimum Gasteiger partial charge on any atom is -0.504 e. The number of benzene rings is 2. The number of phenolic OH excluding ortho intramolecular Hbond substituents is 4. The molecule has 2 aromatic carbocycles. The van der Waals surface area contributed by atoms with Crippen LogP contribution in [0.1, 0.15) is 15.9 Å². The quantitative estimate of drug-likeness (QED) is 0.472. The van der Waals surface area contributed by atoms with Crippen LogP contribution in [0.15, 0.2) is 36.1 Å². The third kappa shape index (κ3) is 2.02. The number of hydrogen-bond donors (Lipinski definition) is 4. The van der Waals surface area contributed by atoms with Gasteiger partial charge in [0, 0.05) is 0 Å². The molecule has 0 unspecified atom stereocenters. The molecule has 0 spiro atoms. The number of phenols is 4. The summed E-state index contributed by atoms with van der Waals surface area (Å²) in [5.74, 6) is -2.04. The first-order valence-electron chi connectivity index (χ1n) is 5.98. The van der Waals surface area contributed by atoms with Crippen LogP contribution in [-0.2, 0) is 0 Å². The van der Waals surface area contributed by atoms with Gasteiger partial charge in [0.1, 0.15) is 11.3 Å². The van der Waals surface area contributed by atoms with Gasteiger partial charge < -0.3 is 25.2 Å². The first-order chi connectivity index (χ1) is 9.97. The third-order valence-corrected chi connectivity index (χ3v) is 3.09. The van der Waals surface area contributed by atoms with Gasteiger partial charge in [-0.2, -0.15) is 0 Å². The van der Waals surface area contributed by atoms with Gasteiger partial charge in [-0.25, -0.2) is 0 Å². The lowest BCUT2D eigenvalue weighted by molar-refractivity contribution is 0.101. The molecular weight excluding hydrogens is 276 g/mol. The van der Waals surface area contributed by atoms with Gasteiger partial charge in [-0.1, -0.05) is 6.07 Å².